The summed E-state index contributed by atoms with van der Waals surface area (Å²) in [6.07, 6.45) is 5.75. The lowest BCUT2D eigenvalue weighted by Gasteiger charge is -2.20. The van der Waals surface area contributed by atoms with Crippen molar-refractivity contribution >= 4 is 15.9 Å². The van der Waals surface area contributed by atoms with Gasteiger partial charge in [-0.2, -0.15) is 0 Å². The molecule has 2 heterocycles. The number of nitrogens with zero attached hydrogens (tertiary/aromatic N) is 2. The summed E-state index contributed by atoms with van der Waals surface area (Å²) in [4.78, 5) is 9.13. The lowest BCUT2D eigenvalue weighted by molar-refractivity contribution is 0.510. The highest BCUT2D eigenvalue weighted by molar-refractivity contribution is 9.10. The molecule has 0 saturated carbocycles. The Labute approximate surface area is 135 Å². The van der Waals surface area contributed by atoms with Crippen LogP contribution in [0.25, 0.3) is 0 Å². The van der Waals surface area contributed by atoms with E-state index in [-0.39, 0.29) is 6.04 Å². The van der Waals surface area contributed by atoms with Gasteiger partial charge in [0.25, 0.3) is 0 Å². The number of nitrogens with one attached hydrogen (secondary N) is 1. The molecule has 112 valence electrons. The maximum Gasteiger partial charge on any atom is 0.0606 e. The Morgan fingerprint density at radius 1 is 1.19 bits per heavy atom. The minimum absolute atomic E-state index is 0.208. The number of hydrogen-bond acceptors (Lipinski definition) is 3. The van der Waals surface area contributed by atoms with Crippen molar-refractivity contribution in [2.75, 3.05) is 6.54 Å². The highest BCUT2D eigenvalue weighted by Crippen LogP contribution is 2.20. The van der Waals surface area contributed by atoms with Gasteiger partial charge in [0, 0.05) is 29.0 Å². The molecule has 2 rings (SSSR count). The number of aryl methyl sites for hydroxylation is 2. The Morgan fingerprint density at radius 3 is 2.62 bits per heavy atom. The SMILES string of the molecule is CCCNC(Cc1ccc(Br)cn1)c1ncc(C)cc1C. The highest BCUT2D eigenvalue weighted by Gasteiger charge is 2.16. The molecular weight excluding hydrogens is 326 g/mol. The van der Waals surface area contributed by atoms with E-state index in [4.69, 9.17) is 0 Å². The molecule has 4 heteroatoms. The molecule has 0 saturated heterocycles. The van der Waals surface area contributed by atoms with Gasteiger partial charge in [0.1, 0.15) is 0 Å². The predicted octanol–water partition coefficient (Wildman–Crippen LogP) is 4.14. The molecule has 1 atom stereocenters. The quantitative estimate of drug-likeness (QED) is 0.853. The van der Waals surface area contributed by atoms with Gasteiger partial charge in [-0.3, -0.25) is 9.97 Å². The highest BCUT2D eigenvalue weighted by atomic mass is 79.9. The zero-order chi connectivity index (χ0) is 15.2. The largest absolute Gasteiger partial charge is 0.308 e. The van der Waals surface area contributed by atoms with E-state index < -0.39 is 0 Å². The van der Waals surface area contributed by atoms with E-state index in [2.05, 4.69) is 64.1 Å². The summed E-state index contributed by atoms with van der Waals surface area (Å²) in [6, 6.07) is 6.50. The minimum Gasteiger partial charge on any atom is -0.308 e. The number of halogens is 1. The van der Waals surface area contributed by atoms with E-state index in [0.717, 1.165) is 35.2 Å². The van der Waals surface area contributed by atoms with E-state index in [1.54, 1.807) is 0 Å². The molecule has 1 N–H and O–H groups in total. The van der Waals surface area contributed by atoms with E-state index in [1.165, 1.54) is 11.1 Å². The van der Waals surface area contributed by atoms with Crippen molar-refractivity contribution in [3.05, 3.63) is 57.6 Å². The molecule has 0 aromatic carbocycles. The van der Waals surface area contributed by atoms with E-state index in [0.29, 0.717) is 0 Å². The Kier molecular flexibility index (Phi) is 5.88. The van der Waals surface area contributed by atoms with Crippen molar-refractivity contribution in [3.8, 4) is 0 Å². The second-order valence-corrected chi connectivity index (χ2v) is 6.31. The summed E-state index contributed by atoms with van der Waals surface area (Å²) in [5.41, 5.74) is 4.64. The molecule has 0 aliphatic carbocycles. The van der Waals surface area contributed by atoms with Crippen LogP contribution in [0.1, 0.15) is 41.9 Å². The minimum atomic E-state index is 0.208. The summed E-state index contributed by atoms with van der Waals surface area (Å²) < 4.78 is 1.01. The van der Waals surface area contributed by atoms with Gasteiger partial charge in [0.15, 0.2) is 0 Å². The second-order valence-electron chi connectivity index (χ2n) is 5.39. The summed E-state index contributed by atoms with van der Waals surface area (Å²) >= 11 is 3.43. The van der Waals surface area contributed by atoms with Crippen LogP contribution in [-0.4, -0.2) is 16.5 Å². The average molecular weight is 348 g/mol. The van der Waals surface area contributed by atoms with Crippen molar-refractivity contribution in [1.82, 2.24) is 15.3 Å². The van der Waals surface area contributed by atoms with Gasteiger partial charge in [-0.25, -0.2) is 0 Å². The molecule has 2 aromatic heterocycles. The van der Waals surface area contributed by atoms with Gasteiger partial charge in [-0.15, -0.1) is 0 Å². The second kappa shape index (κ2) is 7.66. The normalized spacial score (nSPS) is 12.4. The van der Waals surface area contributed by atoms with Crippen LogP contribution in [0, 0.1) is 13.8 Å². The van der Waals surface area contributed by atoms with Crippen molar-refractivity contribution in [2.45, 2.75) is 39.7 Å². The fraction of sp³-hybridized carbons (Fsp3) is 0.412. The first-order valence-corrected chi connectivity index (χ1v) is 8.16. The number of rotatable bonds is 6. The molecule has 0 radical (unpaired) electrons. The van der Waals surface area contributed by atoms with Crippen LogP contribution in [-0.2, 0) is 6.42 Å². The third kappa shape index (κ3) is 4.61. The molecule has 3 nitrogen and oxygen atoms in total. The van der Waals surface area contributed by atoms with Crippen LogP contribution in [0.3, 0.4) is 0 Å². The molecule has 0 fully saturated rings. The van der Waals surface area contributed by atoms with Gasteiger partial charge in [0.05, 0.1) is 11.7 Å². The molecule has 0 bridgehead atoms. The smallest absolute Gasteiger partial charge is 0.0606 e. The van der Waals surface area contributed by atoms with E-state index >= 15 is 0 Å². The van der Waals surface area contributed by atoms with Crippen LogP contribution in [0.5, 0.6) is 0 Å². The standard InChI is InChI=1S/C17H22BrN3/c1-4-7-19-16(9-15-6-5-14(18)11-20-15)17-13(3)8-12(2)10-21-17/h5-6,8,10-11,16,19H,4,7,9H2,1-3H3. The van der Waals surface area contributed by atoms with Crippen LogP contribution in [0.2, 0.25) is 0 Å². The van der Waals surface area contributed by atoms with Crippen LogP contribution >= 0.6 is 15.9 Å². The first-order chi connectivity index (χ1) is 10.1. The first-order valence-electron chi connectivity index (χ1n) is 7.37. The van der Waals surface area contributed by atoms with Crippen molar-refractivity contribution in [2.24, 2.45) is 0 Å². The molecule has 1 unspecified atom stereocenters. The molecule has 0 amide bonds. The average Bonchev–Trinajstić information content (AvgIpc) is 2.46. The molecule has 0 aliphatic rings. The van der Waals surface area contributed by atoms with Crippen molar-refractivity contribution in [1.29, 1.82) is 0 Å². The monoisotopic (exact) mass is 347 g/mol. The predicted molar refractivity (Wildman–Crippen MR) is 90.4 cm³/mol. The molecule has 0 aliphatic heterocycles. The number of hydrogen-bond donors (Lipinski definition) is 1. The maximum atomic E-state index is 4.65. The lowest BCUT2D eigenvalue weighted by atomic mass is 10.0. The Balaban J connectivity index is 2.22. The summed E-state index contributed by atoms with van der Waals surface area (Å²) in [5.74, 6) is 0. The zero-order valence-corrected chi connectivity index (χ0v) is 14.4. The zero-order valence-electron chi connectivity index (χ0n) is 12.9. The lowest BCUT2D eigenvalue weighted by Crippen LogP contribution is -2.26. The van der Waals surface area contributed by atoms with Gasteiger partial charge < -0.3 is 5.32 Å². The van der Waals surface area contributed by atoms with Gasteiger partial charge in [-0.05, 0) is 66.0 Å². The molecule has 0 spiro atoms. The summed E-state index contributed by atoms with van der Waals surface area (Å²) in [6.45, 7) is 7.37. The summed E-state index contributed by atoms with van der Waals surface area (Å²) in [5, 5.41) is 3.59. The van der Waals surface area contributed by atoms with Gasteiger partial charge >= 0.3 is 0 Å². The summed E-state index contributed by atoms with van der Waals surface area (Å²) in [7, 11) is 0. The van der Waals surface area contributed by atoms with Gasteiger partial charge in [-0.1, -0.05) is 13.0 Å². The van der Waals surface area contributed by atoms with Crippen LogP contribution in [0.15, 0.2) is 35.1 Å². The fourth-order valence-electron chi connectivity index (χ4n) is 2.41. The van der Waals surface area contributed by atoms with Crippen molar-refractivity contribution < 1.29 is 0 Å². The van der Waals surface area contributed by atoms with Crippen molar-refractivity contribution in [3.63, 3.8) is 0 Å². The third-order valence-electron chi connectivity index (χ3n) is 3.43. The molecule has 21 heavy (non-hydrogen) atoms. The number of pyridine rings is 2. The van der Waals surface area contributed by atoms with E-state index in [1.807, 2.05) is 18.5 Å². The maximum absolute atomic E-state index is 4.65. The topological polar surface area (TPSA) is 37.8 Å². The van der Waals surface area contributed by atoms with E-state index in [9.17, 15) is 0 Å². The molecular formula is C17H22BrN3. The fourth-order valence-corrected chi connectivity index (χ4v) is 2.65. The van der Waals surface area contributed by atoms with Crippen LogP contribution in [0.4, 0.5) is 0 Å². The van der Waals surface area contributed by atoms with Gasteiger partial charge in [0.2, 0.25) is 0 Å². The van der Waals surface area contributed by atoms with Crippen LogP contribution < -0.4 is 5.32 Å². The molecule has 2 aromatic rings. The number of aromatic nitrogens is 2. The third-order valence-corrected chi connectivity index (χ3v) is 3.90. The first kappa shape index (κ1) is 16.1. The Morgan fingerprint density at radius 2 is 2.00 bits per heavy atom. The Bertz CT molecular complexity index is 581. The Hall–Kier alpha value is -1.26.